The first-order chi connectivity index (χ1) is 8.13. The number of hydrogen-bond acceptors (Lipinski definition) is 3. The Kier molecular flexibility index (Phi) is 3.47. The van der Waals surface area contributed by atoms with Crippen molar-refractivity contribution in [3.05, 3.63) is 52.3 Å². The van der Waals surface area contributed by atoms with Gasteiger partial charge in [-0.25, -0.2) is 5.43 Å². The van der Waals surface area contributed by atoms with Crippen LogP contribution in [0.5, 0.6) is 0 Å². The molecule has 0 saturated heterocycles. The molecule has 90 valence electrons. The summed E-state index contributed by atoms with van der Waals surface area (Å²) in [5.41, 5.74) is 5.57. The first-order valence-electron chi connectivity index (χ1n) is 5.34. The highest BCUT2D eigenvalue weighted by molar-refractivity contribution is 6.32. The molecule has 0 fully saturated rings. The molecule has 1 unspecified atom stereocenters. The Balaban J connectivity index is 2.45. The van der Waals surface area contributed by atoms with Crippen LogP contribution in [0.4, 0.5) is 0 Å². The molecule has 0 bridgehead atoms. The Bertz CT molecular complexity index is 521. The van der Waals surface area contributed by atoms with Crippen LogP contribution in [0.2, 0.25) is 5.02 Å². The minimum Gasteiger partial charge on any atom is -0.275 e. The molecule has 1 aromatic heterocycles. The molecule has 0 saturated carbocycles. The van der Waals surface area contributed by atoms with Crippen LogP contribution in [0, 0.1) is 6.92 Å². The number of aromatic nitrogens is 2. The van der Waals surface area contributed by atoms with Gasteiger partial charge in [0.05, 0.1) is 11.7 Å². The van der Waals surface area contributed by atoms with Crippen LogP contribution < -0.4 is 11.3 Å². The summed E-state index contributed by atoms with van der Waals surface area (Å²) in [6.45, 7) is 1.97. The van der Waals surface area contributed by atoms with Crippen molar-refractivity contribution in [3.63, 3.8) is 0 Å². The van der Waals surface area contributed by atoms with Crippen molar-refractivity contribution in [1.82, 2.24) is 15.2 Å². The van der Waals surface area contributed by atoms with Crippen molar-refractivity contribution < 1.29 is 0 Å². The van der Waals surface area contributed by atoms with Crippen molar-refractivity contribution in [2.24, 2.45) is 12.9 Å². The second kappa shape index (κ2) is 4.87. The Labute approximate surface area is 105 Å². The van der Waals surface area contributed by atoms with E-state index in [0.717, 1.165) is 21.8 Å². The van der Waals surface area contributed by atoms with Crippen LogP contribution in [0.15, 0.2) is 30.5 Å². The van der Waals surface area contributed by atoms with E-state index in [-0.39, 0.29) is 6.04 Å². The summed E-state index contributed by atoms with van der Waals surface area (Å²) in [5, 5.41) is 5.07. The lowest BCUT2D eigenvalue weighted by Crippen LogP contribution is -2.29. The molecule has 1 heterocycles. The Morgan fingerprint density at radius 1 is 1.41 bits per heavy atom. The zero-order chi connectivity index (χ0) is 12.4. The number of aryl methyl sites for hydroxylation is 2. The third-order valence-corrected chi connectivity index (χ3v) is 3.25. The highest BCUT2D eigenvalue weighted by Crippen LogP contribution is 2.29. The van der Waals surface area contributed by atoms with Crippen LogP contribution in [-0.2, 0) is 7.05 Å². The number of nitrogens with one attached hydrogen (secondary N) is 1. The van der Waals surface area contributed by atoms with Gasteiger partial charge in [-0.3, -0.25) is 10.5 Å². The zero-order valence-corrected chi connectivity index (χ0v) is 10.6. The summed E-state index contributed by atoms with van der Waals surface area (Å²) >= 11 is 6.29. The summed E-state index contributed by atoms with van der Waals surface area (Å²) in [7, 11) is 1.87. The summed E-state index contributed by atoms with van der Waals surface area (Å²) in [6, 6.07) is 7.61. The molecule has 4 nitrogen and oxygen atoms in total. The topological polar surface area (TPSA) is 55.9 Å². The van der Waals surface area contributed by atoms with Crippen molar-refractivity contribution in [1.29, 1.82) is 0 Å². The van der Waals surface area contributed by atoms with Gasteiger partial charge in [0, 0.05) is 18.3 Å². The smallest absolute Gasteiger partial charge is 0.0914 e. The number of benzene rings is 1. The minimum absolute atomic E-state index is 0.191. The van der Waals surface area contributed by atoms with Gasteiger partial charge in [0.2, 0.25) is 0 Å². The van der Waals surface area contributed by atoms with Crippen LogP contribution in [-0.4, -0.2) is 9.78 Å². The number of hydrogen-bond donors (Lipinski definition) is 2. The quantitative estimate of drug-likeness (QED) is 0.647. The van der Waals surface area contributed by atoms with Crippen LogP contribution in [0.25, 0.3) is 0 Å². The average Bonchev–Trinajstić information content (AvgIpc) is 2.72. The fourth-order valence-corrected chi connectivity index (χ4v) is 2.05. The van der Waals surface area contributed by atoms with Crippen molar-refractivity contribution in [3.8, 4) is 0 Å². The Morgan fingerprint density at radius 2 is 2.18 bits per heavy atom. The maximum atomic E-state index is 6.29. The van der Waals surface area contributed by atoms with Crippen molar-refractivity contribution in [2.45, 2.75) is 13.0 Å². The monoisotopic (exact) mass is 250 g/mol. The number of nitrogens with two attached hydrogens (primary N) is 1. The lowest BCUT2D eigenvalue weighted by Gasteiger charge is -2.16. The molecule has 0 aliphatic heterocycles. The molecular formula is C12H15ClN4. The number of hydrazine groups is 1. The summed E-state index contributed by atoms with van der Waals surface area (Å²) in [4.78, 5) is 0. The molecule has 0 aliphatic rings. The van der Waals surface area contributed by atoms with Gasteiger partial charge in [-0.05, 0) is 24.1 Å². The predicted molar refractivity (Wildman–Crippen MR) is 68.6 cm³/mol. The largest absolute Gasteiger partial charge is 0.275 e. The van der Waals surface area contributed by atoms with Gasteiger partial charge >= 0.3 is 0 Å². The molecule has 3 N–H and O–H groups in total. The highest BCUT2D eigenvalue weighted by Gasteiger charge is 2.18. The van der Waals surface area contributed by atoms with Crippen molar-refractivity contribution >= 4 is 11.6 Å². The second-order valence-electron chi connectivity index (χ2n) is 3.99. The summed E-state index contributed by atoms with van der Waals surface area (Å²) < 4.78 is 1.74. The van der Waals surface area contributed by atoms with Gasteiger partial charge in [0.1, 0.15) is 0 Å². The first-order valence-corrected chi connectivity index (χ1v) is 5.72. The van der Waals surface area contributed by atoms with Gasteiger partial charge in [0.25, 0.3) is 0 Å². The van der Waals surface area contributed by atoms with E-state index in [1.165, 1.54) is 0 Å². The van der Waals surface area contributed by atoms with Crippen molar-refractivity contribution in [2.75, 3.05) is 0 Å². The third-order valence-electron chi connectivity index (χ3n) is 2.73. The Hall–Kier alpha value is -1.36. The molecule has 0 aliphatic carbocycles. The Morgan fingerprint density at radius 3 is 2.76 bits per heavy atom. The van der Waals surface area contributed by atoms with Gasteiger partial charge in [-0.2, -0.15) is 5.10 Å². The molecular weight excluding hydrogens is 236 g/mol. The van der Waals surface area contributed by atoms with E-state index in [2.05, 4.69) is 10.5 Å². The molecule has 17 heavy (non-hydrogen) atoms. The average molecular weight is 251 g/mol. The number of nitrogens with zero attached hydrogens (tertiary/aromatic N) is 2. The fourth-order valence-electron chi connectivity index (χ4n) is 1.81. The maximum absolute atomic E-state index is 6.29. The molecule has 0 spiro atoms. The first kappa shape index (κ1) is 12.1. The van der Waals surface area contributed by atoms with Crippen LogP contribution in [0.3, 0.4) is 0 Å². The van der Waals surface area contributed by atoms with E-state index in [9.17, 15) is 0 Å². The van der Waals surface area contributed by atoms with E-state index < -0.39 is 0 Å². The van der Waals surface area contributed by atoms with Gasteiger partial charge in [-0.1, -0.05) is 29.8 Å². The second-order valence-corrected chi connectivity index (χ2v) is 4.37. The standard InChI is InChI=1S/C12H15ClN4/c1-8-4-3-5-9(11(8)13)12(15-14)10-6-7-17(2)16-10/h3-7,12,15H,14H2,1-2H3. The molecule has 0 amide bonds. The van der Waals surface area contributed by atoms with E-state index in [4.69, 9.17) is 17.4 Å². The summed E-state index contributed by atoms with van der Waals surface area (Å²) in [5.74, 6) is 5.61. The minimum atomic E-state index is -0.191. The zero-order valence-electron chi connectivity index (χ0n) is 9.81. The van der Waals surface area contributed by atoms with E-state index in [1.54, 1.807) is 4.68 Å². The SMILES string of the molecule is Cc1cccc(C(NN)c2ccn(C)n2)c1Cl. The van der Waals surface area contributed by atoms with E-state index in [0.29, 0.717) is 0 Å². The van der Waals surface area contributed by atoms with Gasteiger partial charge < -0.3 is 0 Å². The van der Waals surface area contributed by atoms with Gasteiger partial charge in [-0.15, -0.1) is 0 Å². The fraction of sp³-hybridized carbons (Fsp3) is 0.250. The number of halogens is 1. The van der Waals surface area contributed by atoms with Gasteiger partial charge in [0.15, 0.2) is 0 Å². The normalized spacial score (nSPS) is 12.7. The predicted octanol–water partition coefficient (Wildman–Crippen LogP) is 1.93. The molecule has 2 aromatic rings. The van der Waals surface area contributed by atoms with Crippen LogP contribution >= 0.6 is 11.6 Å². The number of rotatable bonds is 3. The lowest BCUT2D eigenvalue weighted by atomic mass is 10.0. The summed E-state index contributed by atoms with van der Waals surface area (Å²) in [6.07, 6.45) is 1.88. The molecule has 5 heteroatoms. The maximum Gasteiger partial charge on any atom is 0.0914 e. The van der Waals surface area contributed by atoms with E-state index >= 15 is 0 Å². The molecule has 0 radical (unpaired) electrons. The molecule has 1 aromatic carbocycles. The third kappa shape index (κ3) is 2.34. The van der Waals surface area contributed by atoms with Crippen LogP contribution in [0.1, 0.15) is 22.9 Å². The highest BCUT2D eigenvalue weighted by atomic mass is 35.5. The lowest BCUT2D eigenvalue weighted by molar-refractivity contribution is 0.603. The van der Waals surface area contributed by atoms with E-state index in [1.807, 2.05) is 44.4 Å². The molecule has 1 atom stereocenters. The molecule has 2 rings (SSSR count).